The summed E-state index contributed by atoms with van der Waals surface area (Å²) in [4.78, 5) is 21.9. The zero-order chi connectivity index (χ0) is 17.5. The van der Waals surface area contributed by atoms with Crippen LogP contribution in [0.1, 0.15) is 11.3 Å². The molecule has 126 valence electrons. The molecule has 1 N–H and O–H groups in total. The zero-order valence-corrected chi connectivity index (χ0v) is 13.7. The van der Waals surface area contributed by atoms with Gasteiger partial charge in [-0.1, -0.05) is 12.1 Å². The Morgan fingerprint density at radius 1 is 1.33 bits per heavy atom. The summed E-state index contributed by atoms with van der Waals surface area (Å²) in [6, 6.07) is 7.36. The number of hydrogen-bond donors (Lipinski definition) is 1. The van der Waals surface area contributed by atoms with Crippen LogP contribution in [0.3, 0.4) is 0 Å². The minimum absolute atomic E-state index is 0.232. The van der Waals surface area contributed by atoms with Gasteiger partial charge < -0.3 is 9.64 Å². The number of nitrogens with zero attached hydrogens (tertiary/aromatic N) is 4. The van der Waals surface area contributed by atoms with Gasteiger partial charge in [-0.3, -0.25) is 4.79 Å². The predicted octanol–water partition coefficient (Wildman–Crippen LogP) is 1.52. The van der Waals surface area contributed by atoms with E-state index in [1.54, 1.807) is 23.1 Å². The molecule has 0 aliphatic carbocycles. The molecule has 8 heteroatoms. The van der Waals surface area contributed by atoms with E-state index in [1.165, 1.54) is 18.3 Å². The molecule has 0 spiro atoms. The highest BCUT2D eigenvalue weighted by molar-refractivity contribution is 5.82. The number of nitrogens with one attached hydrogen (secondary N) is 1. The first-order chi connectivity index (χ1) is 11.4. The Balaban J connectivity index is 1.86. The van der Waals surface area contributed by atoms with E-state index in [0.29, 0.717) is 17.4 Å². The second kappa shape index (κ2) is 8.00. The van der Waals surface area contributed by atoms with Crippen molar-refractivity contribution in [2.75, 3.05) is 25.6 Å². The van der Waals surface area contributed by atoms with E-state index >= 15 is 0 Å². The second-order valence-corrected chi connectivity index (χ2v) is 5.18. The first kappa shape index (κ1) is 17.3. The normalized spacial score (nSPS) is 10.7. The van der Waals surface area contributed by atoms with Crippen molar-refractivity contribution >= 4 is 18.1 Å². The van der Waals surface area contributed by atoms with Crippen LogP contribution >= 0.6 is 0 Å². The molecule has 24 heavy (non-hydrogen) atoms. The Morgan fingerprint density at radius 2 is 2.04 bits per heavy atom. The lowest BCUT2D eigenvalue weighted by Gasteiger charge is -2.12. The van der Waals surface area contributed by atoms with E-state index in [4.69, 9.17) is 4.74 Å². The van der Waals surface area contributed by atoms with Gasteiger partial charge in [-0.25, -0.2) is 14.8 Å². The third kappa shape index (κ3) is 5.31. The van der Waals surface area contributed by atoms with Crippen molar-refractivity contribution in [1.82, 2.24) is 15.4 Å². The molecule has 0 aliphatic rings. The van der Waals surface area contributed by atoms with Gasteiger partial charge in [0.05, 0.1) is 6.21 Å². The molecule has 0 unspecified atom stereocenters. The van der Waals surface area contributed by atoms with E-state index in [-0.39, 0.29) is 12.4 Å². The zero-order valence-electron chi connectivity index (χ0n) is 13.7. The Morgan fingerprint density at radius 3 is 2.71 bits per heavy atom. The number of carbonyl (C=O) groups is 1. The van der Waals surface area contributed by atoms with Gasteiger partial charge in [-0.15, -0.1) is 0 Å². The van der Waals surface area contributed by atoms with Crippen molar-refractivity contribution in [1.29, 1.82) is 0 Å². The molecule has 0 aliphatic heterocycles. The number of amides is 1. The lowest BCUT2D eigenvalue weighted by molar-refractivity contribution is -0.123. The van der Waals surface area contributed by atoms with Crippen molar-refractivity contribution in [3.05, 3.63) is 47.4 Å². The molecule has 0 bridgehead atoms. The fourth-order valence-corrected chi connectivity index (χ4v) is 1.70. The molecule has 0 saturated heterocycles. The van der Waals surface area contributed by atoms with Crippen molar-refractivity contribution in [2.24, 2.45) is 5.10 Å². The summed E-state index contributed by atoms with van der Waals surface area (Å²) in [5.41, 5.74) is 3.73. The van der Waals surface area contributed by atoms with Gasteiger partial charge in [-0.2, -0.15) is 10.1 Å². The molecule has 0 fully saturated rings. The maximum atomic E-state index is 12.8. The van der Waals surface area contributed by atoms with Gasteiger partial charge in [0, 0.05) is 25.9 Å². The summed E-state index contributed by atoms with van der Waals surface area (Å²) in [5.74, 6) is 0.0430. The number of aromatic nitrogens is 2. The standard InChI is InChI=1S/C16H18FN5O2/c1-11-8-15(20-16(19-11)22(2)3)24-10-14(23)21-18-9-12-4-6-13(17)7-5-12/h4-9H,10H2,1-3H3,(H,21,23). The van der Waals surface area contributed by atoms with Crippen molar-refractivity contribution in [3.63, 3.8) is 0 Å². The summed E-state index contributed by atoms with van der Waals surface area (Å²) in [6.45, 7) is 1.58. The molecule has 1 heterocycles. The van der Waals surface area contributed by atoms with Crippen LogP contribution in [0.5, 0.6) is 5.88 Å². The molecule has 0 saturated carbocycles. The number of anilines is 1. The minimum Gasteiger partial charge on any atom is -0.467 e. The molecular formula is C16H18FN5O2. The van der Waals surface area contributed by atoms with Crippen LogP contribution in [0.25, 0.3) is 0 Å². The molecule has 2 aromatic rings. The van der Waals surface area contributed by atoms with E-state index in [9.17, 15) is 9.18 Å². The van der Waals surface area contributed by atoms with Gasteiger partial charge in [0.2, 0.25) is 11.8 Å². The summed E-state index contributed by atoms with van der Waals surface area (Å²) >= 11 is 0. The van der Waals surface area contributed by atoms with Gasteiger partial charge >= 0.3 is 0 Å². The molecule has 0 radical (unpaired) electrons. The van der Waals surface area contributed by atoms with Crippen LogP contribution in [-0.4, -0.2) is 42.8 Å². The Kier molecular flexibility index (Phi) is 5.78. The SMILES string of the molecule is Cc1cc(OCC(=O)NN=Cc2ccc(F)cc2)nc(N(C)C)n1. The molecule has 7 nitrogen and oxygen atoms in total. The van der Waals surface area contributed by atoms with Crippen LogP contribution in [0.15, 0.2) is 35.4 Å². The van der Waals surface area contributed by atoms with Crippen LogP contribution in [0.4, 0.5) is 10.3 Å². The van der Waals surface area contributed by atoms with E-state index in [2.05, 4.69) is 20.5 Å². The van der Waals surface area contributed by atoms with Gasteiger partial charge in [-0.05, 0) is 24.6 Å². The molecule has 1 amide bonds. The van der Waals surface area contributed by atoms with Crippen molar-refractivity contribution in [2.45, 2.75) is 6.92 Å². The smallest absolute Gasteiger partial charge is 0.278 e. The predicted molar refractivity (Wildman–Crippen MR) is 88.7 cm³/mol. The molecule has 1 aromatic heterocycles. The monoisotopic (exact) mass is 331 g/mol. The second-order valence-electron chi connectivity index (χ2n) is 5.18. The topological polar surface area (TPSA) is 79.7 Å². The third-order valence-electron chi connectivity index (χ3n) is 2.84. The number of ether oxygens (including phenoxy) is 1. The third-order valence-corrected chi connectivity index (χ3v) is 2.84. The van der Waals surface area contributed by atoms with Gasteiger partial charge in [0.25, 0.3) is 5.91 Å². The Bertz CT molecular complexity index is 732. The number of hydrogen-bond acceptors (Lipinski definition) is 6. The Hall–Kier alpha value is -3.03. The summed E-state index contributed by atoms with van der Waals surface area (Å²) in [5, 5.41) is 3.78. The van der Waals surface area contributed by atoms with Gasteiger partial charge in [0.15, 0.2) is 6.61 Å². The highest BCUT2D eigenvalue weighted by Crippen LogP contribution is 2.13. The minimum atomic E-state index is -0.434. The quantitative estimate of drug-likeness (QED) is 0.641. The van der Waals surface area contributed by atoms with E-state index in [0.717, 1.165) is 5.69 Å². The lowest BCUT2D eigenvalue weighted by Crippen LogP contribution is -2.25. The Labute approximate surface area is 139 Å². The largest absolute Gasteiger partial charge is 0.467 e. The number of hydrazone groups is 1. The fraction of sp³-hybridized carbons (Fsp3) is 0.250. The highest BCUT2D eigenvalue weighted by Gasteiger charge is 2.07. The summed E-state index contributed by atoms with van der Waals surface area (Å²) in [6.07, 6.45) is 1.41. The van der Waals surface area contributed by atoms with Crippen LogP contribution in [0.2, 0.25) is 0 Å². The van der Waals surface area contributed by atoms with Crippen LogP contribution < -0.4 is 15.1 Å². The maximum Gasteiger partial charge on any atom is 0.278 e. The first-order valence-corrected chi connectivity index (χ1v) is 7.17. The van der Waals surface area contributed by atoms with E-state index in [1.807, 2.05) is 21.0 Å². The highest BCUT2D eigenvalue weighted by atomic mass is 19.1. The molecule has 0 atom stereocenters. The van der Waals surface area contributed by atoms with Gasteiger partial charge in [0.1, 0.15) is 5.82 Å². The van der Waals surface area contributed by atoms with E-state index < -0.39 is 5.91 Å². The van der Waals surface area contributed by atoms with Crippen molar-refractivity contribution in [3.8, 4) is 5.88 Å². The van der Waals surface area contributed by atoms with Crippen LogP contribution in [-0.2, 0) is 4.79 Å². The molecule has 1 aromatic carbocycles. The average Bonchev–Trinajstić information content (AvgIpc) is 2.54. The first-order valence-electron chi connectivity index (χ1n) is 7.17. The van der Waals surface area contributed by atoms with Crippen molar-refractivity contribution < 1.29 is 13.9 Å². The average molecular weight is 331 g/mol. The number of aryl methyl sites for hydroxylation is 1. The number of rotatable bonds is 6. The molecular weight excluding hydrogens is 313 g/mol. The summed E-state index contributed by atoms with van der Waals surface area (Å²) < 4.78 is 18.1. The lowest BCUT2D eigenvalue weighted by atomic mass is 10.2. The number of halogens is 1. The maximum absolute atomic E-state index is 12.8. The number of benzene rings is 1. The van der Waals surface area contributed by atoms with Crippen LogP contribution in [0, 0.1) is 12.7 Å². The summed E-state index contributed by atoms with van der Waals surface area (Å²) in [7, 11) is 3.63. The number of carbonyl (C=O) groups excluding carboxylic acids is 1. The fourth-order valence-electron chi connectivity index (χ4n) is 1.70. The molecule has 2 rings (SSSR count).